The number of hydrogen-bond donors (Lipinski definition) is 1. The van der Waals surface area contributed by atoms with E-state index in [1.165, 1.54) is 26.4 Å². The van der Waals surface area contributed by atoms with E-state index < -0.39 is 17.7 Å². The third kappa shape index (κ3) is 5.64. The Morgan fingerprint density at radius 3 is 2.59 bits per heavy atom. The number of hydrogen-bond acceptors (Lipinski definition) is 7. The molecule has 2 N–H and O–H groups in total. The molecule has 4 atom stereocenters. The molecule has 3 heterocycles. The molecule has 1 fully saturated rings. The lowest BCUT2D eigenvalue weighted by Gasteiger charge is -2.43. The molecule has 1 saturated carbocycles. The number of benzene rings is 1. The summed E-state index contributed by atoms with van der Waals surface area (Å²) in [5.74, 6) is -0.503. The number of rotatable bonds is 7. The van der Waals surface area contributed by atoms with E-state index in [0.717, 1.165) is 17.5 Å². The summed E-state index contributed by atoms with van der Waals surface area (Å²) in [5.41, 5.74) is 9.76. The Balaban J connectivity index is 1.43. The standard InChI is InChI=1S/C30H34F2N6O3/c1-17-9-19(12-25(33)29(17)37(2)30(39)41-4)22-7-8-34-14-20(22)13-27-35-15-21-5-6-26(36-38(21)27)28-23(31)10-18(16-40-3)11-24(28)32/h5-8,10-11,14-15,17,19,25,29H,9,12-13,16,33H2,1-4H3/t17-,19+,25+,29-/m0/s1. The molecule has 1 aliphatic carbocycles. The summed E-state index contributed by atoms with van der Waals surface area (Å²) in [6.45, 7) is 2.21. The number of methoxy groups -OCH3 is 2. The van der Waals surface area contributed by atoms with E-state index >= 15 is 0 Å². The fraction of sp³-hybridized carbons (Fsp3) is 0.400. The summed E-state index contributed by atoms with van der Waals surface area (Å²) >= 11 is 0. The van der Waals surface area contributed by atoms with Gasteiger partial charge in [-0.1, -0.05) is 6.92 Å². The van der Waals surface area contributed by atoms with E-state index in [-0.39, 0.29) is 41.8 Å². The smallest absolute Gasteiger partial charge is 0.409 e. The molecule has 1 amide bonds. The average Bonchev–Trinajstić information content (AvgIpc) is 3.34. The van der Waals surface area contributed by atoms with Gasteiger partial charge in [0.25, 0.3) is 0 Å². The van der Waals surface area contributed by atoms with Gasteiger partial charge >= 0.3 is 6.09 Å². The summed E-state index contributed by atoms with van der Waals surface area (Å²) in [5, 5.41) is 4.57. The fourth-order valence-corrected chi connectivity index (χ4v) is 6.22. The zero-order chi connectivity index (χ0) is 29.3. The predicted molar refractivity (Wildman–Crippen MR) is 149 cm³/mol. The number of halogens is 2. The van der Waals surface area contributed by atoms with Crippen molar-refractivity contribution in [1.82, 2.24) is 24.5 Å². The first kappa shape index (κ1) is 28.6. The number of aromatic nitrogens is 4. The van der Waals surface area contributed by atoms with Crippen molar-refractivity contribution in [3.63, 3.8) is 0 Å². The maximum absolute atomic E-state index is 14.9. The van der Waals surface area contributed by atoms with Gasteiger partial charge in [0.15, 0.2) is 0 Å². The second kappa shape index (κ2) is 11.9. The lowest BCUT2D eigenvalue weighted by molar-refractivity contribution is 0.0777. The molecule has 1 aliphatic rings. The van der Waals surface area contributed by atoms with E-state index in [1.807, 2.05) is 12.3 Å². The van der Waals surface area contributed by atoms with Crippen LogP contribution in [-0.4, -0.2) is 63.9 Å². The number of carbonyl (C=O) groups is 1. The first-order valence-electron chi connectivity index (χ1n) is 13.5. The summed E-state index contributed by atoms with van der Waals surface area (Å²) in [6.07, 6.45) is 6.80. The number of nitrogens with zero attached hydrogens (tertiary/aromatic N) is 5. The minimum Gasteiger partial charge on any atom is -0.453 e. The molecule has 9 nitrogen and oxygen atoms in total. The van der Waals surface area contributed by atoms with Gasteiger partial charge in [0.2, 0.25) is 0 Å². The Morgan fingerprint density at radius 1 is 1.15 bits per heavy atom. The van der Waals surface area contributed by atoms with Crippen LogP contribution in [0.5, 0.6) is 0 Å². The molecule has 41 heavy (non-hydrogen) atoms. The number of pyridine rings is 1. The monoisotopic (exact) mass is 564 g/mol. The van der Waals surface area contributed by atoms with Crippen LogP contribution in [0.2, 0.25) is 0 Å². The molecule has 0 saturated heterocycles. The second-order valence-electron chi connectivity index (χ2n) is 10.7. The highest BCUT2D eigenvalue weighted by Gasteiger charge is 2.39. The first-order valence-corrected chi connectivity index (χ1v) is 13.5. The first-order chi connectivity index (χ1) is 19.7. The van der Waals surface area contributed by atoms with Gasteiger partial charge in [0, 0.05) is 39.0 Å². The van der Waals surface area contributed by atoms with E-state index in [9.17, 15) is 13.6 Å². The quantitative estimate of drug-likeness (QED) is 0.346. The highest BCUT2D eigenvalue weighted by molar-refractivity contribution is 5.67. The number of fused-ring (bicyclic) bond motifs is 1. The third-order valence-electron chi connectivity index (χ3n) is 8.00. The second-order valence-corrected chi connectivity index (χ2v) is 10.7. The van der Waals surface area contributed by atoms with Crippen molar-refractivity contribution < 1.29 is 23.0 Å². The molecule has 3 aromatic heterocycles. The molecule has 0 aliphatic heterocycles. The van der Waals surface area contributed by atoms with Gasteiger partial charge in [0.1, 0.15) is 17.5 Å². The molecule has 0 bridgehead atoms. The lowest BCUT2D eigenvalue weighted by Crippen LogP contribution is -2.55. The molecule has 1 aromatic carbocycles. The summed E-state index contributed by atoms with van der Waals surface area (Å²) in [6, 6.07) is 7.48. The zero-order valence-corrected chi connectivity index (χ0v) is 23.6. The van der Waals surface area contributed by atoms with Crippen LogP contribution in [0.1, 0.15) is 48.2 Å². The highest BCUT2D eigenvalue weighted by Crippen LogP contribution is 2.39. The highest BCUT2D eigenvalue weighted by atomic mass is 19.1. The molecule has 0 spiro atoms. The van der Waals surface area contributed by atoms with Gasteiger partial charge in [-0.3, -0.25) is 4.98 Å². The number of amides is 1. The van der Waals surface area contributed by atoms with Gasteiger partial charge < -0.3 is 20.1 Å². The molecular weight excluding hydrogens is 530 g/mol. The van der Waals surface area contributed by atoms with E-state index in [2.05, 4.69) is 22.0 Å². The minimum absolute atomic E-state index is 0.104. The lowest BCUT2D eigenvalue weighted by atomic mass is 9.72. The number of ether oxygens (including phenoxy) is 2. The van der Waals surface area contributed by atoms with E-state index in [4.69, 9.17) is 15.2 Å². The normalized spacial score (nSPS) is 20.8. The van der Waals surface area contributed by atoms with Crippen molar-refractivity contribution in [2.24, 2.45) is 11.7 Å². The van der Waals surface area contributed by atoms with Crippen LogP contribution in [0.15, 0.2) is 48.9 Å². The van der Waals surface area contributed by atoms with Crippen molar-refractivity contribution in [3.8, 4) is 11.3 Å². The Kier molecular flexibility index (Phi) is 8.27. The van der Waals surface area contributed by atoms with Crippen LogP contribution in [0.4, 0.5) is 13.6 Å². The average molecular weight is 565 g/mol. The van der Waals surface area contributed by atoms with Gasteiger partial charge in [0.05, 0.1) is 42.7 Å². The Hall–Kier alpha value is -3.96. The van der Waals surface area contributed by atoms with Gasteiger partial charge in [-0.05, 0) is 71.7 Å². The topological polar surface area (TPSA) is 108 Å². The molecule has 5 rings (SSSR count). The molecular formula is C30H34F2N6O3. The number of imidazole rings is 1. The van der Waals surface area contributed by atoms with Crippen LogP contribution < -0.4 is 5.73 Å². The number of nitrogens with two attached hydrogens (primary N) is 1. The fourth-order valence-electron chi connectivity index (χ4n) is 6.22. The van der Waals surface area contributed by atoms with Crippen molar-refractivity contribution >= 4 is 11.6 Å². The Morgan fingerprint density at radius 2 is 1.90 bits per heavy atom. The van der Waals surface area contributed by atoms with E-state index in [1.54, 1.807) is 41.0 Å². The Bertz CT molecular complexity index is 1530. The minimum atomic E-state index is -0.709. The van der Waals surface area contributed by atoms with Crippen molar-refractivity contribution in [2.75, 3.05) is 21.3 Å². The van der Waals surface area contributed by atoms with Crippen LogP contribution in [0.3, 0.4) is 0 Å². The Labute approximate surface area is 237 Å². The zero-order valence-electron chi connectivity index (χ0n) is 23.6. The molecule has 11 heteroatoms. The van der Waals surface area contributed by atoms with Crippen LogP contribution in [0, 0.1) is 17.6 Å². The number of carbonyl (C=O) groups excluding carboxylic acids is 1. The SMILES string of the molecule is COCc1cc(F)c(-c2ccc3cnc(Cc4cnccc4[C@H]4C[C@@H](N)[C@@H](N(C)C(=O)OC)[C@@H](C)C4)n3n2)c(F)c1. The van der Waals surface area contributed by atoms with Gasteiger partial charge in [-0.15, -0.1) is 0 Å². The van der Waals surface area contributed by atoms with Crippen molar-refractivity contribution in [3.05, 3.63) is 83.1 Å². The largest absolute Gasteiger partial charge is 0.453 e. The van der Waals surface area contributed by atoms with Gasteiger partial charge in [-0.2, -0.15) is 5.10 Å². The van der Waals surface area contributed by atoms with Crippen LogP contribution >= 0.6 is 0 Å². The maximum atomic E-state index is 14.9. The van der Waals surface area contributed by atoms with Crippen molar-refractivity contribution in [2.45, 2.75) is 50.8 Å². The van der Waals surface area contributed by atoms with Crippen LogP contribution in [-0.2, 0) is 22.5 Å². The van der Waals surface area contributed by atoms with Gasteiger partial charge in [-0.25, -0.2) is 23.1 Å². The summed E-state index contributed by atoms with van der Waals surface area (Å²) < 4.78 is 41.4. The maximum Gasteiger partial charge on any atom is 0.409 e. The summed E-state index contributed by atoms with van der Waals surface area (Å²) in [7, 11) is 4.56. The van der Waals surface area contributed by atoms with Crippen molar-refractivity contribution in [1.29, 1.82) is 0 Å². The van der Waals surface area contributed by atoms with Crippen LogP contribution in [0.25, 0.3) is 16.8 Å². The summed E-state index contributed by atoms with van der Waals surface area (Å²) in [4.78, 5) is 22.7. The van der Waals surface area contributed by atoms with E-state index in [0.29, 0.717) is 29.7 Å². The predicted octanol–water partition coefficient (Wildman–Crippen LogP) is 4.71. The third-order valence-corrected chi connectivity index (χ3v) is 8.00. The molecule has 0 unspecified atom stereocenters. The number of likely N-dealkylation sites (N-methyl/N-ethyl adjacent to an activating group) is 1. The molecule has 4 aromatic rings. The molecule has 216 valence electrons. The molecule has 0 radical (unpaired) electrons.